The lowest BCUT2D eigenvalue weighted by Gasteiger charge is -2.31. The molecule has 9 rings (SSSR count). The monoisotopic (exact) mass is 1060 g/mol. The van der Waals surface area contributed by atoms with Crippen LogP contribution in [-0.2, 0) is 24.1 Å². The van der Waals surface area contributed by atoms with Crippen molar-refractivity contribution in [2.75, 3.05) is 0 Å². The van der Waals surface area contributed by atoms with Crippen molar-refractivity contribution in [3.05, 3.63) is 144 Å². The van der Waals surface area contributed by atoms with Gasteiger partial charge in [-0.05, 0) is 144 Å². The smallest absolute Gasteiger partial charge is 0.313 e. The van der Waals surface area contributed by atoms with Crippen LogP contribution in [0.25, 0.3) is 0 Å². The number of carbonyl (C=O) groups is 5. The lowest BCUT2D eigenvalue weighted by Crippen LogP contribution is -2.33. The van der Waals surface area contributed by atoms with E-state index in [4.69, 9.17) is 19.4 Å². The zero-order chi connectivity index (χ0) is 55.3. The van der Waals surface area contributed by atoms with Crippen molar-refractivity contribution in [3.63, 3.8) is 0 Å². The topological polar surface area (TPSA) is 172 Å². The minimum atomic E-state index is -0.526. The van der Waals surface area contributed by atoms with Crippen LogP contribution < -0.4 is 0 Å². The van der Waals surface area contributed by atoms with Crippen LogP contribution in [-0.4, -0.2) is 52.5 Å². The van der Waals surface area contributed by atoms with Crippen LogP contribution in [0.15, 0.2) is 142 Å². The molecule has 5 saturated carbocycles. The summed E-state index contributed by atoms with van der Waals surface area (Å²) in [5.74, 6) is -1.52. The molecule has 2 unspecified atom stereocenters. The molecule has 0 amide bonds. The summed E-state index contributed by atoms with van der Waals surface area (Å²) in [6.45, 7) is 6.20. The lowest BCUT2D eigenvalue weighted by atomic mass is 9.70. The van der Waals surface area contributed by atoms with Crippen LogP contribution in [0.4, 0.5) is 0 Å². The van der Waals surface area contributed by atoms with Gasteiger partial charge in [0.05, 0.1) is 39.4 Å². The summed E-state index contributed by atoms with van der Waals surface area (Å²) in [7, 11) is 0. The molecule has 2 atom stereocenters. The van der Waals surface area contributed by atoms with E-state index < -0.39 is 5.97 Å². The fourth-order valence-electron chi connectivity index (χ4n) is 10.6. The van der Waals surface area contributed by atoms with Gasteiger partial charge >= 0.3 is 23.9 Å². The number of rotatable bonds is 8. The minimum Gasteiger partial charge on any atom is -0.313 e. The molecule has 0 radical (unpaired) electrons. The van der Waals surface area contributed by atoms with E-state index in [-0.39, 0.29) is 40.4 Å². The molecule has 0 saturated heterocycles. The van der Waals surface area contributed by atoms with Gasteiger partial charge in [0.2, 0.25) is 0 Å². The van der Waals surface area contributed by atoms with Crippen LogP contribution in [0, 0.1) is 16.7 Å². The van der Waals surface area contributed by atoms with Gasteiger partial charge in [0.15, 0.2) is 5.78 Å². The maximum Gasteiger partial charge on any atom is 0.365 e. The first kappa shape index (κ1) is 60.3. The second-order valence-corrected chi connectivity index (χ2v) is 21.8. The molecule has 78 heavy (non-hydrogen) atoms. The van der Waals surface area contributed by atoms with Crippen molar-refractivity contribution in [1.82, 2.24) is 0 Å². The summed E-state index contributed by atoms with van der Waals surface area (Å²) < 4.78 is 0. The van der Waals surface area contributed by atoms with E-state index in [0.717, 1.165) is 107 Å². The summed E-state index contributed by atoms with van der Waals surface area (Å²) in [6.07, 6.45) is 30.4. The van der Waals surface area contributed by atoms with Crippen LogP contribution in [0.5, 0.6) is 0 Å². The average molecular weight is 1060 g/mol. The highest BCUT2D eigenvalue weighted by Crippen LogP contribution is 2.62. The predicted octanol–water partition coefficient (Wildman–Crippen LogP) is 16.2. The minimum absolute atomic E-state index is 0.0320. The van der Waals surface area contributed by atoms with Gasteiger partial charge in [0.25, 0.3) is 0 Å². The third-order valence-corrected chi connectivity index (χ3v) is 15.9. The van der Waals surface area contributed by atoms with Crippen molar-refractivity contribution >= 4 is 52.5 Å². The van der Waals surface area contributed by atoms with Crippen LogP contribution in [0.1, 0.15) is 229 Å². The summed E-state index contributed by atoms with van der Waals surface area (Å²) in [5.41, 5.74) is 5.08. The SMILES string of the molecule is CC12CCC(/C(=N/OC(=O)c3ccccc3)C1=O)C2(C)C.O=C(ON=C1CCCC1)c1ccccc1.O=C(ON=C1CCCCCC1)c1ccccc1.O=C(ON=C1CCCCCCCCCCCCCC1)c1ccccc1. The number of nitrogens with zero attached hydrogens (tertiary/aromatic N) is 4. The standard InChI is InChI=1S/C22H33NO2.C17H19NO3.C14H17NO2.C12H13NO2/c24-22(20-16-12-11-13-17-20)25-23-21-18-14-9-7-5-3-1-2-4-6-8-10-15-19-21;1-16(2)12-9-10-17(16,3)14(19)13(12)18-21-15(20)11-7-5-4-6-8-11;16-14(12-8-4-3-5-9-12)17-15-13-10-6-1-2-7-11-13;14-12(10-6-2-1-3-7-10)15-13-11-8-4-5-9-11/h11-13,16-17H,1-10,14-15,18-19H2;4-8,12H,9-10H2,1-3H3;3-5,8-9H,1-2,6-7,10-11H2;1-3,6-7H,4-5,8-9H2/b;18-13-;;. The molecule has 5 aliphatic carbocycles. The second-order valence-electron chi connectivity index (χ2n) is 21.8. The molecule has 2 bridgehead atoms. The number of benzene rings is 4. The Hall–Kier alpha value is -6.89. The molecule has 0 aromatic heterocycles. The van der Waals surface area contributed by atoms with Crippen molar-refractivity contribution < 1.29 is 43.3 Å². The van der Waals surface area contributed by atoms with Gasteiger partial charge in [-0.2, -0.15) is 0 Å². The fraction of sp³-hybridized carbons (Fsp3) is 0.492. The van der Waals surface area contributed by atoms with E-state index in [9.17, 15) is 24.0 Å². The molecular weight excluding hydrogens is 981 g/mol. The summed E-state index contributed by atoms with van der Waals surface area (Å²) in [4.78, 5) is 79.7. The first-order chi connectivity index (χ1) is 38.0. The normalized spacial score (nSPS) is 20.9. The van der Waals surface area contributed by atoms with Crippen LogP contribution in [0.2, 0.25) is 0 Å². The Morgan fingerprint density at radius 3 is 0.872 bits per heavy atom. The number of hydrogen-bond donors (Lipinski definition) is 0. The molecule has 4 aromatic rings. The Kier molecular flexibility index (Phi) is 25.3. The van der Waals surface area contributed by atoms with Gasteiger partial charge < -0.3 is 19.4 Å². The van der Waals surface area contributed by atoms with E-state index >= 15 is 0 Å². The Balaban J connectivity index is 0.000000171. The molecule has 5 fully saturated rings. The van der Waals surface area contributed by atoms with Crippen molar-refractivity contribution in [3.8, 4) is 0 Å². The summed E-state index contributed by atoms with van der Waals surface area (Å²) in [5, 5.41) is 16.0. The first-order valence-corrected chi connectivity index (χ1v) is 28.8. The number of hydrogen-bond acceptors (Lipinski definition) is 13. The van der Waals surface area contributed by atoms with Crippen molar-refractivity contribution in [1.29, 1.82) is 0 Å². The summed E-state index contributed by atoms with van der Waals surface area (Å²) >= 11 is 0. The van der Waals surface area contributed by atoms with E-state index in [2.05, 4.69) is 34.5 Å². The van der Waals surface area contributed by atoms with E-state index in [1.54, 1.807) is 72.8 Å². The van der Waals surface area contributed by atoms with Gasteiger partial charge in [0.1, 0.15) is 5.71 Å². The first-order valence-electron chi connectivity index (χ1n) is 28.8. The van der Waals surface area contributed by atoms with Gasteiger partial charge in [-0.25, -0.2) is 19.2 Å². The van der Waals surface area contributed by atoms with Crippen LogP contribution in [0.3, 0.4) is 0 Å². The van der Waals surface area contributed by atoms with Gasteiger partial charge in [-0.1, -0.05) is 191 Å². The zero-order valence-electron chi connectivity index (χ0n) is 46.5. The third-order valence-electron chi connectivity index (χ3n) is 15.9. The Morgan fingerprint density at radius 1 is 0.372 bits per heavy atom. The maximum atomic E-state index is 12.5. The number of carbonyl (C=O) groups excluding carboxylic acids is 5. The van der Waals surface area contributed by atoms with Gasteiger partial charge in [0, 0.05) is 11.3 Å². The molecule has 13 heteroatoms. The molecular formula is C65H82N4O9. The second kappa shape index (κ2) is 32.8. The average Bonchev–Trinajstić information content (AvgIpc) is 4.17. The highest BCUT2D eigenvalue weighted by atomic mass is 16.7. The Morgan fingerprint density at radius 2 is 0.615 bits per heavy atom. The highest BCUT2D eigenvalue weighted by Gasteiger charge is 2.65. The summed E-state index contributed by atoms with van der Waals surface area (Å²) in [6, 6.07) is 35.6. The molecule has 5 aliphatic rings. The van der Waals surface area contributed by atoms with Gasteiger partial charge in [-0.3, -0.25) is 4.79 Å². The number of Topliss-reactive ketones (excluding diaryl/α,β-unsaturated/α-hetero) is 1. The predicted molar refractivity (Wildman–Crippen MR) is 308 cm³/mol. The number of fused-ring (bicyclic) bond motifs is 2. The van der Waals surface area contributed by atoms with E-state index in [1.807, 2.05) is 55.5 Å². The van der Waals surface area contributed by atoms with Crippen LogP contribution >= 0.6 is 0 Å². The van der Waals surface area contributed by atoms with E-state index in [0.29, 0.717) is 28.0 Å². The van der Waals surface area contributed by atoms with Gasteiger partial charge in [-0.15, -0.1) is 0 Å². The number of oxime groups is 4. The van der Waals surface area contributed by atoms with Crippen molar-refractivity contribution in [2.45, 2.75) is 188 Å². The quantitative estimate of drug-likeness (QED) is 0.0946. The molecule has 0 spiro atoms. The Labute approximate surface area is 462 Å². The number of ketones is 1. The highest BCUT2D eigenvalue weighted by molar-refractivity contribution is 6.45. The Bertz CT molecular complexity index is 2600. The molecule has 416 valence electrons. The molecule has 13 nitrogen and oxygen atoms in total. The van der Waals surface area contributed by atoms with Crippen molar-refractivity contribution in [2.24, 2.45) is 37.4 Å². The largest absolute Gasteiger partial charge is 0.365 e. The molecule has 0 heterocycles. The molecule has 0 N–H and O–H groups in total. The molecule has 0 aliphatic heterocycles. The fourth-order valence-corrected chi connectivity index (χ4v) is 10.6. The maximum absolute atomic E-state index is 12.5. The zero-order valence-corrected chi connectivity index (χ0v) is 46.5. The van der Waals surface area contributed by atoms with E-state index in [1.165, 1.54) is 77.0 Å². The molecule has 4 aromatic carbocycles. The lowest BCUT2D eigenvalue weighted by molar-refractivity contribution is -0.123. The third kappa shape index (κ3) is 19.2.